The van der Waals surface area contributed by atoms with Crippen LogP contribution in [0.5, 0.6) is 0 Å². The number of hydrogen-bond acceptors (Lipinski definition) is 3. The van der Waals surface area contributed by atoms with E-state index in [2.05, 4.69) is 16.0 Å². The summed E-state index contributed by atoms with van der Waals surface area (Å²) in [7, 11) is 0. The van der Waals surface area contributed by atoms with Gasteiger partial charge in [0.25, 0.3) is 5.91 Å². The normalized spacial score (nSPS) is 17.8. The molecule has 0 radical (unpaired) electrons. The van der Waals surface area contributed by atoms with Crippen LogP contribution >= 0.6 is 0 Å². The summed E-state index contributed by atoms with van der Waals surface area (Å²) in [6, 6.07) is 9.98. The van der Waals surface area contributed by atoms with E-state index in [4.69, 9.17) is 0 Å². The lowest BCUT2D eigenvalue weighted by atomic mass is 9.93. The Morgan fingerprint density at radius 3 is 3.00 bits per heavy atom. The molecule has 1 atom stereocenters. The quantitative estimate of drug-likeness (QED) is 0.739. The smallest absolute Gasteiger partial charge is 0.274 e. The van der Waals surface area contributed by atoms with Crippen LogP contribution in [-0.2, 0) is 6.42 Å². The summed E-state index contributed by atoms with van der Waals surface area (Å²) in [4.78, 5) is 23.8. The highest BCUT2D eigenvalue weighted by Crippen LogP contribution is 2.21. The van der Waals surface area contributed by atoms with Crippen molar-refractivity contribution in [2.24, 2.45) is 5.92 Å². The van der Waals surface area contributed by atoms with E-state index < -0.39 is 0 Å². The Morgan fingerprint density at radius 2 is 2.16 bits per heavy atom. The van der Waals surface area contributed by atoms with Gasteiger partial charge < -0.3 is 9.30 Å². The summed E-state index contributed by atoms with van der Waals surface area (Å²) < 4.78 is 1.93. The van der Waals surface area contributed by atoms with Crippen LogP contribution in [0.15, 0.2) is 48.9 Å². The van der Waals surface area contributed by atoms with Gasteiger partial charge in [-0.1, -0.05) is 12.1 Å². The maximum atomic E-state index is 12.9. The minimum atomic E-state index is 0.0343. The molecule has 0 saturated carbocycles. The number of aromatic nitrogens is 3. The molecule has 1 amide bonds. The van der Waals surface area contributed by atoms with Gasteiger partial charge in [-0.3, -0.25) is 9.78 Å². The molecule has 1 saturated heterocycles. The monoisotopic (exact) mass is 334 g/mol. The minimum absolute atomic E-state index is 0.0343. The molecule has 3 aromatic rings. The first-order chi connectivity index (χ1) is 12.2. The molecule has 0 bridgehead atoms. The number of likely N-dealkylation sites (tertiary alicyclic amines) is 1. The summed E-state index contributed by atoms with van der Waals surface area (Å²) in [5.74, 6) is 0.499. The first-order valence-corrected chi connectivity index (χ1v) is 8.83. The number of carbonyl (C=O) groups excluding carboxylic acids is 1. The highest BCUT2D eigenvalue weighted by Gasteiger charge is 2.26. The molecule has 0 N–H and O–H groups in total. The van der Waals surface area contributed by atoms with Crippen molar-refractivity contribution in [3.05, 3.63) is 65.9 Å². The third-order valence-electron chi connectivity index (χ3n) is 4.85. The number of rotatable bonds is 3. The fourth-order valence-corrected chi connectivity index (χ4v) is 3.60. The summed E-state index contributed by atoms with van der Waals surface area (Å²) in [5, 5.41) is 0. The van der Waals surface area contributed by atoms with E-state index in [0.29, 0.717) is 11.6 Å². The SMILES string of the molecule is Cc1ccc2nc(C(=O)N3CCC[C@@H](Cc4ccccn4)C3)cn2c1. The largest absolute Gasteiger partial charge is 0.337 e. The summed E-state index contributed by atoms with van der Waals surface area (Å²) in [5.41, 5.74) is 3.60. The lowest BCUT2D eigenvalue weighted by Gasteiger charge is -2.32. The number of nitrogens with zero attached hydrogens (tertiary/aromatic N) is 4. The van der Waals surface area contributed by atoms with Gasteiger partial charge in [0, 0.05) is 37.4 Å². The molecule has 25 heavy (non-hydrogen) atoms. The molecule has 4 rings (SSSR count). The van der Waals surface area contributed by atoms with Crippen LogP contribution in [0.1, 0.15) is 34.6 Å². The van der Waals surface area contributed by atoms with E-state index in [-0.39, 0.29) is 5.91 Å². The van der Waals surface area contributed by atoms with Gasteiger partial charge in [0.15, 0.2) is 0 Å². The fourth-order valence-electron chi connectivity index (χ4n) is 3.60. The van der Waals surface area contributed by atoms with Crippen LogP contribution in [0, 0.1) is 12.8 Å². The van der Waals surface area contributed by atoms with E-state index in [0.717, 1.165) is 49.3 Å². The molecule has 4 heterocycles. The number of fused-ring (bicyclic) bond motifs is 1. The number of piperidine rings is 1. The number of carbonyl (C=O) groups is 1. The Kier molecular flexibility index (Phi) is 4.22. The van der Waals surface area contributed by atoms with E-state index >= 15 is 0 Å². The Hall–Kier alpha value is -2.69. The molecule has 128 valence electrons. The van der Waals surface area contributed by atoms with Gasteiger partial charge in [-0.05, 0) is 55.9 Å². The third kappa shape index (κ3) is 3.40. The number of pyridine rings is 2. The first-order valence-electron chi connectivity index (χ1n) is 8.83. The predicted octanol–water partition coefficient (Wildman–Crippen LogP) is 3.13. The average molecular weight is 334 g/mol. The molecule has 1 aliphatic heterocycles. The van der Waals surface area contributed by atoms with Gasteiger partial charge in [0.2, 0.25) is 0 Å². The number of hydrogen-bond donors (Lipinski definition) is 0. The Labute approximate surface area is 147 Å². The van der Waals surface area contributed by atoms with Gasteiger partial charge in [0.05, 0.1) is 0 Å². The molecule has 1 fully saturated rings. The van der Waals surface area contributed by atoms with Crippen molar-refractivity contribution in [1.82, 2.24) is 19.3 Å². The summed E-state index contributed by atoms with van der Waals surface area (Å²) in [6.45, 7) is 3.63. The zero-order valence-corrected chi connectivity index (χ0v) is 14.4. The fraction of sp³-hybridized carbons (Fsp3) is 0.350. The van der Waals surface area contributed by atoms with Crippen LogP contribution < -0.4 is 0 Å². The molecule has 5 heteroatoms. The lowest BCUT2D eigenvalue weighted by molar-refractivity contribution is 0.0667. The van der Waals surface area contributed by atoms with E-state index in [1.54, 1.807) is 0 Å². The first kappa shape index (κ1) is 15.8. The second-order valence-electron chi connectivity index (χ2n) is 6.88. The standard InChI is InChI=1S/C20H22N4O/c1-15-7-8-19-22-18(14-24(19)12-15)20(25)23-10-4-5-16(13-23)11-17-6-2-3-9-21-17/h2-3,6-9,12,14,16H,4-5,10-11,13H2,1H3/t16-/m0/s1. The number of amides is 1. The second kappa shape index (κ2) is 6.67. The minimum Gasteiger partial charge on any atom is -0.337 e. The Bertz CT molecular complexity index is 887. The molecular formula is C20H22N4O. The lowest BCUT2D eigenvalue weighted by Crippen LogP contribution is -2.40. The van der Waals surface area contributed by atoms with Gasteiger partial charge in [-0.25, -0.2) is 4.98 Å². The molecule has 3 aromatic heterocycles. The Morgan fingerprint density at radius 1 is 1.24 bits per heavy atom. The van der Waals surface area contributed by atoms with Crippen molar-refractivity contribution < 1.29 is 4.79 Å². The van der Waals surface area contributed by atoms with Crippen LogP contribution in [-0.4, -0.2) is 38.3 Å². The molecular weight excluding hydrogens is 312 g/mol. The third-order valence-corrected chi connectivity index (χ3v) is 4.85. The van der Waals surface area contributed by atoms with Crippen molar-refractivity contribution in [2.75, 3.05) is 13.1 Å². The van der Waals surface area contributed by atoms with E-state index in [1.165, 1.54) is 0 Å². The van der Waals surface area contributed by atoms with Crippen LogP contribution in [0.25, 0.3) is 5.65 Å². The van der Waals surface area contributed by atoms with Crippen LogP contribution in [0.2, 0.25) is 0 Å². The zero-order chi connectivity index (χ0) is 17.2. The maximum absolute atomic E-state index is 12.9. The number of imidazole rings is 1. The molecule has 0 aromatic carbocycles. The summed E-state index contributed by atoms with van der Waals surface area (Å²) >= 11 is 0. The highest BCUT2D eigenvalue weighted by molar-refractivity contribution is 5.93. The van der Waals surface area contributed by atoms with Gasteiger partial charge in [0.1, 0.15) is 11.3 Å². The van der Waals surface area contributed by atoms with Crippen LogP contribution in [0.3, 0.4) is 0 Å². The molecule has 1 aliphatic rings. The maximum Gasteiger partial charge on any atom is 0.274 e. The van der Waals surface area contributed by atoms with Crippen LogP contribution in [0.4, 0.5) is 0 Å². The van der Waals surface area contributed by atoms with E-state index in [9.17, 15) is 4.79 Å². The average Bonchev–Trinajstić information content (AvgIpc) is 3.05. The highest BCUT2D eigenvalue weighted by atomic mass is 16.2. The van der Waals surface area contributed by atoms with Crippen molar-refractivity contribution in [3.8, 4) is 0 Å². The van der Waals surface area contributed by atoms with Crippen molar-refractivity contribution >= 4 is 11.6 Å². The molecule has 0 aliphatic carbocycles. The molecule has 5 nitrogen and oxygen atoms in total. The molecule has 0 unspecified atom stereocenters. The van der Waals surface area contributed by atoms with Gasteiger partial charge in [-0.15, -0.1) is 0 Å². The zero-order valence-electron chi connectivity index (χ0n) is 14.4. The van der Waals surface area contributed by atoms with Gasteiger partial charge >= 0.3 is 0 Å². The van der Waals surface area contributed by atoms with E-state index in [1.807, 2.05) is 59.1 Å². The van der Waals surface area contributed by atoms with Crippen molar-refractivity contribution in [2.45, 2.75) is 26.2 Å². The van der Waals surface area contributed by atoms with Crippen molar-refractivity contribution in [3.63, 3.8) is 0 Å². The summed E-state index contributed by atoms with van der Waals surface area (Å²) in [6.07, 6.45) is 8.78. The Balaban J connectivity index is 1.49. The predicted molar refractivity (Wildman–Crippen MR) is 96.5 cm³/mol. The van der Waals surface area contributed by atoms with Crippen molar-refractivity contribution in [1.29, 1.82) is 0 Å². The second-order valence-corrected chi connectivity index (χ2v) is 6.88. The topological polar surface area (TPSA) is 50.5 Å². The molecule has 0 spiro atoms. The van der Waals surface area contributed by atoms with Gasteiger partial charge in [-0.2, -0.15) is 0 Å². The number of aryl methyl sites for hydroxylation is 1.